The molecule has 0 aliphatic carbocycles. The SMILES string of the molecule is C=CCS(=O)(=O)c1ccccc1Nc1nc(N2CCC(c3cc(OC(C)C)c(C(=O)OC(C)(C)C)cc3C)CC2)ncc1Cl. The molecule has 0 amide bonds. The predicted octanol–water partition coefficient (Wildman–Crippen LogP) is 7.27. The molecule has 44 heavy (non-hydrogen) atoms. The molecule has 11 heteroatoms. The molecule has 0 spiro atoms. The summed E-state index contributed by atoms with van der Waals surface area (Å²) in [5.41, 5.74) is 2.35. The average molecular weight is 641 g/mol. The predicted molar refractivity (Wildman–Crippen MR) is 175 cm³/mol. The van der Waals surface area contributed by atoms with E-state index >= 15 is 0 Å². The number of rotatable bonds is 10. The summed E-state index contributed by atoms with van der Waals surface area (Å²) < 4.78 is 37.3. The highest BCUT2D eigenvalue weighted by Gasteiger charge is 2.28. The van der Waals surface area contributed by atoms with Crippen molar-refractivity contribution in [2.45, 2.75) is 76.9 Å². The summed E-state index contributed by atoms with van der Waals surface area (Å²) in [6, 6.07) is 10.5. The van der Waals surface area contributed by atoms with Crippen molar-refractivity contribution in [2.24, 2.45) is 0 Å². The Balaban J connectivity index is 1.53. The zero-order chi connectivity index (χ0) is 32.2. The van der Waals surface area contributed by atoms with Gasteiger partial charge in [-0.2, -0.15) is 4.98 Å². The molecule has 2 heterocycles. The lowest BCUT2D eigenvalue weighted by Gasteiger charge is -2.33. The van der Waals surface area contributed by atoms with Gasteiger partial charge in [0.25, 0.3) is 0 Å². The van der Waals surface area contributed by atoms with Gasteiger partial charge in [0.2, 0.25) is 5.95 Å². The second kappa shape index (κ2) is 13.6. The zero-order valence-corrected chi connectivity index (χ0v) is 27.8. The molecule has 1 aromatic heterocycles. The van der Waals surface area contributed by atoms with Gasteiger partial charge in [-0.3, -0.25) is 0 Å². The minimum absolute atomic E-state index is 0.104. The molecular weight excluding hydrogens is 600 g/mol. The molecule has 236 valence electrons. The fourth-order valence-corrected chi connectivity index (χ4v) is 6.56. The number of anilines is 3. The lowest BCUT2D eigenvalue weighted by molar-refractivity contribution is 0.00646. The fraction of sp³-hybridized carbons (Fsp3) is 0.424. The summed E-state index contributed by atoms with van der Waals surface area (Å²) in [6.07, 6.45) is 4.46. The molecular formula is C33H41ClN4O5S. The number of nitrogens with zero attached hydrogens (tertiary/aromatic N) is 3. The second-order valence-corrected chi connectivity index (χ2v) is 14.6. The topological polar surface area (TPSA) is 111 Å². The number of ether oxygens (including phenoxy) is 2. The molecule has 1 fully saturated rings. The van der Waals surface area contributed by atoms with Crippen molar-refractivity contribution in [3.05, 3.63) is 77.0 Å². The molecule has 1 aliphatic heterocycles. The van der Waals surface area contributed by atoms with Crippen LogP contribution in [0.15, 0.2) is 60.1 Å². The van der Waals surface area contributed by atoms with Crippen LogP contribution in [0.25, 0.3) is 0 Å². The lowest BCUT2D eigenvalue weighted by Crippen LogP contribution is -2.34. The van der Waals surface area contributed by atoms with E-state index in [1.54, 1.807) is 24.3 Å². The number of hydrogen-bond donors (Lipinski definition) is 1. The number of aryl methyl sites for hydroxylation is 1. The first-order valence-electron chi connectivity index (χ1n) is 14.7. The van der Waals surface area contributed by atoms with Crippen molar-refractivity contribution >= 4 is 44.9 Å². The van der Waals surface area contributed by atoms with Crippen LogP contribution in [-0.2, 0) is 14.6 Å². The van der Waals surface area contributed by atoms with Crippen LogP contribution in [0.3, 0.4) is 0 Å². The highest BCUT2D eigenvalue weighted by Crippen LogP contribution is 2.37. The van der Waals surface area contributed by atoms with Gasteiger partial charge in [-0.25, -0.2) is 18.2 Å². The molecule has 1 saturated heterocycles. The monoisotopic (exact) mass is 640 g/mol. The third-order valence-electron chi connectivity index (χ3n) is 7.11. The molecule has 0 radical (unpaired) electrons. The molecule has 4 rings (SSSR count). The molecule has 0 bridgehead atoms. The Morgan fingerprint density at radius 1 is 1.20 bits per heavy atom. The number of nitrogens with one attached hydrogen (secondary N) is 1. The molecule has 9 nitrogen and oxygen atoms in total. The average Bonchev–Trinajstić information content (AvgIpc) is 2.94. The summed E-state index contributed by atoms with van der Waals surface area (Å²) in [5.74, 6) is 1.02. The number of benzene rings is 2. The van der Waals surface area contributed by atoms with Gasteiger partial charge in [0.15, 0.2) is 15.7 Å². The summed E-state index contributed by atoms with van der Waals surface area (Å²) in [7, 11) is -3.58. The van der Waals surface area contributed by atoms with Crippen LogP contribution in [0.5, 0.6) is 5.75 Å². The Bertz CT molecular complexity index is 1630. The Morgan fingerprint density at radius 3 is 2.52 bits per heavy atom. The van der Waals surface area contributed by atoms with Gasteiger partial charge < -0.3 is 19.7 Å². The fourth-order valence-electron chi connectivity index (χ4n) is 5.19. The summed E-state index contributed by atoms with van der Waals surface area (Å²) in [5, 5.41) is 3.38. The largest absolute Gasteiger partial charge is 0.490 e. The molecule has 0 unspecified atom stereocenters. The van der Waals surface area contributed by atoms with E-state index in [0.717, 1.165) is 24.0 Å². The lowest BCUT2D eigenvalue weighted by atomic mass is 9.86. The van der Waals surface area contributed by atoms with Crippen molar-refractivity contribution in [3.63, 3.8) is 0 Å². The standard InChI is InChI=1S/C33H41ClN4O5S/c1-8-17-44(40,41)29-12-10-9-11-27(29)36-30-26(34)20-35-32(37-30)38-15-13-23(14-16-38)24-19-28(42-21(2)3)25(18-22(24)4)31(39)43-33(5,6)7/h8-12,18-21,23H,1,13-17H2,2-7H3,(H,35,36,37). The van der Waals surface area contributed by atoms with Crippen molar-refractivity contribution in [3.8, 4) is 5.75 Å². The van der Waals surface area contributed by atoms with Gasteiger partial charge in [0, 0.05) is 13.1 Å². The van der Waals surface area contributed by atoms with E-state index in [-0.39, 0.29) is 27.7 Å². The van der Waals surface area contributed by atoms with Gasteiger partial charge in [0.05, 0.1) is 28.6 Å². The van der Waals surface area contributed by atoms with Gasteiger partial charge in [0.1, 0.15) is 21.9 Å². The molecule has 2 aromatic carbocycles. The van der Waals surface area contributed by atoms with Gasteiger partial charge in [-0.05, 0) is 95.7 Å². The molecule has 1 aliphatic rings. The number of carbonyl (C=O) groups excluding carboxylic acids is 1. The van der Waals surface area contributed by atoms with Gasteiger partial charge in [-0.15, -0.1) is 6.58 Å². The minimum Gasteiger partial charge on any atom is -0.490 e. The maximum Gasteiger partial charge on any atom is 0.342 e. The van der Waals surface area contributed by atoms with Crippen LogP contribution < -0.4 is 15.0 Å². The maximum atomic E-state index is 13.0. The quantitative estimate of drug-likeness (QED) is 0.181. The molecule has 3 aromatic rings. The highest BCUT2D eigenvalue weighted by molar-refractivity contribution is 7.91. The minimum atomic E-state index is -3.58. The number of esters is 1. The van der Waals surface area contributed by atoms with Crippen molar-refractivity contribution in [2.75, 3.05) is 29.1 Å². The summed E-state index contributed by atoms with van der Waals surface area (Å²) in [4.78, 5) is 24.4. The first-order chi connectivity index (χ1) is 20.7. The number of carbonyl (C=O) groups is 1. The summed E-state index contributed by atoms with van der Waals surface area (Å²) >= 11 is 6.44. The molecule has 1 N–H and O–H groups in total. The second-order valence-electron chi connectivity index (χ2n) is 12.2. The first-order valence-corrected chi connectivity index (χ1v) is 16.7. The summed E-state index contributed by atoms with van der Waals surface area (Å²) in [6.45, 7) is 16.4. The van der Waals surface area contributed by atoms with Gasteiger partial charge >= 0.3 is 5.97 Å². The first kappa shape index (κ1) is 33.3. The number of hydrogen-bond acceptors (Lipinski definition) is 9. The zero-order valence-electron chi connectivity index (χ0n) is 26.2. The van der Waals surface area contributed by atoms with E-state index < -0.39 is 21.4 Å². The van der Waals surface area contributed by atoms with E-state index in [9.17, 15) is 13.2 Å². The van der Waals surface area contributed by atoms with E-state index in [2.05, 4.69) is 26.8 Å². The van der Waals surface area contributed by atoms with Crippen LogP contribution in [0.2, 0.25) is 5.02 Å². The number of aromatic nitrogens is 2. The highest BCUT2D eigenvalue weighted by atomic mass is 35.5. The smallest absolute Gasteiger partial charge is 0.342 e. The van der Waals surface area contributed by atoms with Crippen LogP contribution in [0, 0.1) is 6.92 Å². The Hall–Kier alpha value is -3.63. The molecule has 0 atom stereocenters. The Labute approximate surface area is 265 Å². The van der Waals surface area contributed by atoms with Crippen LogP contribution in [-0.4, -0.2) is 54.9 Å². The van der Waals surface area contributed by atoms with Crippen molar-refractivity contribution in [1.29, 1.82) is 0 Å². The van der Waals surface area contributed by atoms with Crippen molar-refractivity contribution < 1.29 is 22.7 Å². The van der Waals surface area contributed by atoms with Crippen molar-refractivity contribution in [1.82, 2.24) is 9.97 Å². The van der Waals surface area contributed by atoms with Crippen LogP contribution >= 0.6 is 11.6 Å². The van der Waals surface area contributed by atoms with E-state index in [1.807, 2.05) is 53.7 Å². The Morgan fingerprint density at radius 2 is 1.89 bits per heavy atom. The molecule has 0 saturated carbocycles. The third-order valence-corrected chi connectivity index (χ3v) is 9.09. The Kier molecular flexibility index (Phi) is 10.3. The number of piperidine rings is 1. The van der Waals surface area contributed by atoms with Crippen LogP contribution in [0.1, 0.15) is 74.9 Å². The number of sulfone groups is 1. The third kappa shape index (κ3) is 8.09. The number of halogens is 1. The van der Waals surface area contributed by atoms with E-state index in [0.29, 0.717) is 41.9 Å². The van der Waals surface area contributed by atoms with Crippen LogP contribution in [0.4, 0.5) is 17.5 Å². The maximum absolute atomic E-state index is 13.0. The van der Waals surface area contributed by atoms with E-state index in [4.69, 9.17) is 21.1 Å². The normalized spacial score (nSPS) is 14.4. The number of para-hydroxylation sites is 1. The van der Waals surface area contributed by atoms with E-state index in [1.165, 1.54) is 12.3 Å². The van der Waals surface area contributed by atoms with Gasteiger partial charge in [-0.1, -0.05) is 29.8 Å².